The SMILES string of the molecule is CCOC(=O)C(N)(COCC1CCCC1)C1CC1. The maximum Gasteiger partial charge on any atom is 0.328 e. The Morgan fingerprint density at radius 2 is 1.94 bits per heavy atom. The van der Waals surface area contributed by atoms with Gasteiger partial charge in [-0.1, -0.05) is 12.8 Å². The maximum atomic E-state index is 11.9. The van der Waals surface area contributed by atoms with Crippen molar-refractivity contribution in [2.24, 2.45) is 17.6 Å². The lowest BCUT2D eigenvalue weighted by Crippen LogP contribution is -2.55. The molecule has 2 rings (SSSR count). The number of carbonyl (C=O) groups is 1. The van der Waals surface area contributed by atoms with Gasteiger partial charge < -0.3 is 15.2 Å². The van der Waals surface area contributed by atoms with Gasteiger partial charge in [-0.3, -0.25) is 0 Å². The molecule has 104 valence electrons. The molecule has 0 aromatic carbocycles. The van der Waals surface area contributed by atoms with Crippen LogP contribution in [0.25, 0.3) is 0 Å². The molecule has 0 aromatic heterocycles. The minimum atomic E-state index is -0.908. The number of rotatable bonds is 7. The predicted octanol–water partition coefficient (Wildman–Crippen LogP) is 1.86. The Kier molecular flexibility index (Phi) is 4.62. The summed E-state index contributed by atoms with van der Waals surface area (Å²) in [5.41, 5.74) is 5.31. The molecule has 0 heterocycles. The van der Waals surface area contributed by atoms with Crippen molar-refractivity contribution in [3.05, 3.63) is 0 Å². The van der Waals surface area contributed by atoms with E-state index < -0.39 is 5.54 Å². The fraction of sp³-hybridized carbons (Fsp3) is 0.929. The third-order valence-electron chi connectivity index (χ3n) is 4.13. The van der Waals surface area contributed by atoms with Crippen molar-refractivity contribution in [2.45, 2.75) is 51.0 Å². The molecule has 2 aliphatic carbocycles. The number of ether oxygens (including phenoxy) is 2. The summed E-state index contributed by atoms with van der Waals surface area (Å²) in [4.78, 5) is 11.9. The molecular formula is C14H25NO3. The summed E-state index contributed by atoms with van der Waals surface area (Å²) < 4.78 is 10.8. The Morgan fingerprint density at radius 1 is 1.28 bits per heavy atom. The quantitative estimate of drug-likeness (QED) is 0.705. The third kappa shape index (κ3) is 3.23. The van der Waals surface area contributed by atoms with Crippen molar-refractivity contribution >= 4 is 5.97 Å². The van der Waals surface area contributed by atoms with Crippen LogP contribution in [-0.2, 0) is 14.3 Å². The van der Waals surface area contributed by atoms with Crippen LogP contribution < -0.4 is 5.73 Å². The van der Waals surface area contributed by atoms with Gasteiger partial charge in [0.1, 0.15) is 5.54 Å². The molecule has 0 bridgehead atoms. The summed E-state index contributed by atoms with van der Waals surface area (Å²) in [5.74, 6) is 0.620. The molecule has 4 heteroatoms. The van der Waals surface area contributed by atoms with Crippen LogP contribution in [0.1, 0.15) is 45.4 Å². The van der Waals surface area contributed by atoms with Crippen LogP contribution in [0.2, 0.25) is 0 Å². The van der Waals surface area contributed by atoms with Crippen molar-refractivity contribution in [3.8, 4) is 0 Å². The monoisotopic (exact) mass is 255 g/mol. The molecule has 0 radical (unpaired) electrons. The molecule has 0 aromatic rings. The van der Waals surface area contributed by atoms with Gasteiger partial charge in [0.05, 0.1) is 13.2 Å². The molecule has 2 aliphatic rings. The van der Waals surface area contributed by atoms with E-state index in [0.717, 1.165) is 19.4 Å². The molecule has 0 saturated heterocycles. The van der Waals surface area contributed by atoms with E-state index in [1.807, 2.05) is 6.92 Å². The maximum absolute atomic E-state index is 11.9. The Hall–Kier alpha value is -0.610. The van der Waals surface area contributed by atoms with Gasteiger partial charge in [-0.05, 0) is 44.4 Å². The number of hydrogen-bond donors (Lipinski definition) is 1. The molecule has 0 aliphatic heterocycles. The van der Waals surface area contributed by atoms with E-state index in [-0.39, 0.29) is 11.9 Å². The third-order valence-corrected chi connectivity index (χ3v) is 4.13. The highest BCUT2D eigenvalue weighted by Gasteiger charge is 2.49. The van der Waals surface area contributed by atoms with Gasteiger partial charge in [-0.2, -0.15) is 0 Å². The van der Waals surface area contributed by atoms with E-state index in [9.17, 15) is 4.79 Å². The number of carbonyl (C=O) groups excluding carboxylic acids is 1. The van der Waals surface area contributed by atoms with Crippen LogP contribution in [0.3, 0.4) is 0 Å². The fourth-order valence-electron chi connectivity index (χ4n) is 2.78. The van der Waals surface area contributed by atoms with Gasteiger partial charge in [0.25, 0.3) is 0 Å². The zero-order chi connectivity index (χ0) is 13.0. The van der Waals surface area contributed by atoms with Crippen molar-refractivity contribution < 1.29 is 14.3 Å². The minimum Gasteiger partial charge on any atom is -0.465 e. The van der Waals surface area contributed by atoms with Gasteiger partial charge in [-0.15, -0.1) is 0 Å². The van der Waals surface area contributed by atoms with Crippen molar-refractivity contribution in [1.82, 2.24) is 0 Å². The first kappa shape index (κ1) is 13.8. The molecule has 2 fully saturated rings. The lowest BCUT2D eigenvalue weighted by molar-refractivity contribution is -0.153. The van der Waals surface area contributed by atoms with Crippen molar-refractivity contribution in [3.63, 3.8) is 0 Å². The Balaban J connectivity index is 1.79. The first-order valence-electron chi connectivity index (χ1n) is 7.20. The second kappa shape index (κ2) is 6.02. The van der Waals surface area contributed by atoms with Crippen LogP contribution in [0.5, 0.6) is 0 Å². The predicted molar refractivity (Wildman–Crippen MR) is 69.1 cm³/mol. The van der Waals surface area contributed by atoms with Crippen LogP contribution in [-0.4, -0.2) is 31.3 Å². The summed E-state index contributed by atoms with van der Waals surface area (Å²) in [6.45, 7) is 3.25. The highest BCUT2D eigenvalue weighted by atomic mass is 16.5. The van der Waals surface area contributed by atoms with Crippen LogP contribution in [0.4, 0.5) is 0 Å². The lowest BCUT2D eigenvalue weighted by Gasteiger charge is -2.27. The molecule has 2 saturated carbocycles. The zero-order valence-corrected chi connectivity index (χ0v) is 11.3. The Labute approximate surface area is 109 Å². The number of hydrogen-bond acceptors (Lipinski definition) is 4. The molecular weight excluding hydrogens is 230 g/mol. The van der Waals surface area contributed by atoms with E-state index in [1.54, 1.807) is 0 Å². The summed E-state index contributed by atoms with van der Waals surface area (Å²) >= 11 is 0. The standard InChI is InChI=1S/C14H25NO3/c1-2-18-13(16)14(15,12-7-8-12)10-17-9-11-5-3-4-6-11/h11-12H,2-10,15H2,1H3. The fourth-order valence-corrected chi connectivity index (χ4v) is 2.78. The molecule has 18 heavy (non-hydrogen) atoms. The second-order valence-corrected chi connectivity index (χ2v) is 5.70. The first-order chi connectivity index (χ1) is 8.66. The van der Waals surface area contributed by atoms with Crippen LogP contribution in [0.15, 0.2) is 0 Å². The van der Waals surface area contributed by atoms with Gasteiger partial charge in [-0.25, -0.2) is 4.79 Å². The summed E-state index contributed by atoms with van der Waals surface area (Å²) in [6, 6.07) is 0. The second-order valence-electron chi connectivity index (χ2n) is 5.70. The Bertz CT molecular complexity index is 285. The molecule has 0 spiro atoms. The highest BCUT2D eigenvalue weighted by molar-refractivity contribution is 5.81. The number of nitrogens with two attached hydrogens (primary N) is 1. The van der Waals surface area contributed by atoms with Gasteiger partial charge in [0.2, 0.25) is 0 Å². The minimum absolute atomic E-state index is 0.250. The molecule has 1 atom stereocenters. The average Bonchev–Trinajstić information content (AvgIpc) is 3.09. The van der Waals surface area contributed by atoms with Crippen LogP contribution >= 0.6 is 0 Å². The smallest absolute Gasteiger partial charge is 0.328 e. The summed E-state index contributed by atoms with van der Waals surface area (Å²) in [6.07, 6.45) is 7.15. The first-order valence-corrected chi connectivity index (χ1v) is 7.20. The molecule has 1 unspecified atom stereocenters. The van der Waals surface area contributed by atoms with E-state index >= 15 is 0 Å². The molecule has 4 nitrogen and oxygen atoms in total. The van der Waals surface area contributed by atoms with E-state index in [0.29, 0.717) is 19.1 Å². The van der Waals surface area contributed by atoms with Gasteiger partial charge >= 0.3 is 5.97 Å². The van der Waals surface area contributed by atoms with Crippen molar-refractivity contribution in [2.75, 3.05) is 19.8 Å². The average molecular weight is 255 g/mol. The van der Waals surface area contributed by atoms with Gasteiger partial charge in [0, 0.05) is 6.61 Å². The largest absolute Gasteiger partial charge is 0.465 e. The van der Waals surface area contributed by atoms with Gasteiger partial charge in [0.15, 0.2) is 0 Å². The lowest BCUT2D eigenvalue weighted by atomic mass is 9.96. The van der Waals surface area contributed by atoms with Crippen LogP contribution in [0, 0.1) is 11.8 Å². The van der Waals surface area contributed by atoms with E-state index in [2.05, 4.69) is 0 Å². The zero-order valence-electron chi connectivity index (χ0n) is 11.3. The van der Waals surface area contributed by atoms with E-state index in [1.165, 1.54) is 25.7 Å². The highest BCUT2D eigenvalue weighted by Crippen LogP contribution is 2.39. The Morgan fingerprint density at radius 3 is 2.50 bits per heavy atom. The topological polar surface area (TPSA) is 61.5 Å². The molecule has 0 amide bonds. The van der Waals surface area contributed by atoms with Crippen molar-refractivity contribution in [1.29, 1.82) is 0 Å². The summed E-state index contributed by atoms with van der Waals surface area (Å²) in [7, 11) is 0. The van der Waals surface area contributed by atoms with E-state index in [4.69, 9.17) is 15.2 Å². The molecule has 2 N–H and O–H groups in total. The number of esters is 1. The summed E-state index contributed by atoms with van der Waals surface area (Å²) in [5, 5.41) is 0. The normalized spacial score (nSPS) is 23.9.